The topological polar surface area (TPSA) is 151 Å². The Hall–Kier alpha value is -4.22. The molecule has 3 atom stereocenters. The Bertz CT molecular complexity index is 2210. The van der Waals surface area contributed by atoms with Crippen molar-refractivity contribution in [2.75, 3.05) is 38.2 Å². The number of hydrogen-bond acceptors (Lipinski definition) is 11. The number of aliphatic hydroxyl groups excluding tert-OH is 1. The van der Waals surface area contributed by atoms with E-state index in [-0.39, 0.29) is 19.3 Å². The van der Waals surface area contributed by atoms with Crippen molar-refractivity contribution in [3.8, 4) is 34.4 Å². The van der Waals surface area contributed by atoms with Crippen LogP contribution >= 0.6 is 23.2 Å². The number of carbonyl (C=O) groups excluding carboxylic acids is 1. The van der Waals surface area contributed by atoms with Gasteiger partial charge in [-0.3, -0.25) is 9.78 Å². The number of hydrogen-bond donors (Lipinski definition) is 2. The average Bonchev–Trinajstić information content (AvgIpc) is 3.60. The van der Waals surface area contributed by atoms with Crippen LogP contribution in [0.15, 0.2) is 67.0 Å². The van der Waals surface area contributed by atoms with Gasteiger partial charge in [0.15, 0.2) is 15.6 Å². The summed E-state index contributed by atoms with van der Waals surface area (Å²) in [5.41, 5.74) is 5.63. The van der Waals surface area contributed by atoms with E-state index in [1.54, 1.807) is 24.4 Å². The molecule has 2 N–H and O–H groups in total. The number of nitrogens with zero attached hydrogens (tertiary/aromatic N) is 3. The molecule has 0 saturated carbocycles. The third kappa shape index (κ3) is 11.3. The Labute approximate surface area is 344 Å². The van der Waals surface area contributed by atoms with E-state index in [0.717, 1.165) is 61.0 Å². The number of ether oxygens (including phenoxy) is 3. The van der Waals surface area contributed by atoms with Crippen LogP contribution < -0.4 is 19.5 Å². The molecule has 0 bridgehead atoms. The first-order valence-electron chi connectivity index (χ1n) is 19.2. The van der Waals surface area contributed by atoms with Crippen LogP contribution in [0.4, 0.5) is 0 Å². The van der Waals surface area contributed by atoms with Gasteiger partial charge in [-0.15, -0.1) is 0 Å². The minimum atomic E-state index is -3.62. The normalized spacial score (nSPS) is 16.7. The van der Waals surface area contributed by atoms with E-state index in [0.29, 0.717) is 57.0 Å². The van der Waals surface area contributed by atoms with Crippen molar-refractivity contribution in [1.29, 1.82) is 5.26 Å². The minimum absolute atomic E-state index is 0.00842. The molecule has 11 nitrogen and oxygen atoms in total. The van der Waals surface area contributed by atoms with E-state index in [9.17, 15) is 23.6 Å². The fourth-order valence-electron chi connectivity index (χ4n) is 7.48. The number of halogens is 2. The van der Waals surface area contributed by atoms with Gasteiger partial charge in [0.25, 0.3) is 0 Å². The van der Waals surface area contributed by atoms with Gasteiger partial charge in [0.2, 0.25) is 0 Å². The Kier molecular flexibility index (Phi) is 14.5. The number of sulfone groups is 1. The lowest BCUT2D eigenvalue weighted by Gasteiger charge is -2.26. The average molecular weight is 836 g/mol. The van der Waals surface area contributed by atoms with Gasteiger partial charge in [-0.25, -0.2) is 8.42 Å². The molecule has 302 valence electrons. The number of pyridine rings is 1. The van der Waals surface area contributed by atoms with Crippen LogP contribution in [0.2, 0.25) is 10.0 Å². The fraction of sp³-hybridized carbons (Fsp3) is 0.419. The summed E-state index contributed by atoms with van der Waals surface area (Å²) in [5.74, 6) is 0.0311. The number of rotatable bonds is 18. The smallest absolute Gasteiger partial charge is 0.167 e. The second-order valence-electron chi connectivity index (χ2n) is 14.7. The first-order valence-corrected chi connectivity index (χ1v) is 22.1. The summed E-state index contributed by atoms with van der Waals surface area (Å²) in [4.78, 5) is 19.4. The maximum Gasteiger partial charge on any atom is 0.167 e. The zero-order valence-corrected chi connectivity index (χ0v) is 34.5. The number of aliphatic hydroxyl groups is 1. The van der Waals surface area contributed by atoms with Crippen molar-refractivity contribution < 1.29 is 32.5 Å². The van der Waals surface area contributed by atoms with Gasteiger partial charge < -0.3 is 29.5 Å². The molecule has 3 aromatic carbocycles. The molecule has 2 aliphatic rings. The molecule has 2 heterocycles. The number of nitrogens with one attached hydrogen (secondary N) is 1. The van der Waals surface area contributed by atoms with Crippen LogP contribution in [0, 0.1) is 11.3 Å². The third-order valence-corrected chi connectivity index (χ3v) is 11.7. The first-order chi connectivity index (χ1) is 27.4. The summed E-state index contributed by atoms with van der Waals surface area (Å²) in [6, 6.07) is 17.9. The third-order valence-electron chi connectivity index (χ3n) is 10.2. The Morgan fingerprint density at radius 2 is 1.81 bits per heavy atom. The molecule has 1 aliphatic carbocycles. The molecule has 1 aromatic heterocycles. The highest BCUT2D eigenvalue weighted by Crippen LogP contribution is 2.45. The van der Waals surface area contributed by atoms with Crippen molar-refractivity contribution in [3.05, 3.63) is 105 Å². The maximum atomic E-state index is 12.8. The molecule has 6 rings (SSSR count). The molecule has 0 amide bonds. The summed E-state index contributed by atoms with van der Waals surface area (Å²) in [6.07, 6.45) is 8.74. The second-order valence-corrected chi connectivity index (χ2v) is 17.7. The molecule has 1 fully saturated rings. The molecular formula is C43H48Cl2N4O7S. The lowest BCUT2D eigenvalue weighted by molar-refractivity contribution is -0.121. The lowest BCUT2D eigenvalue weighted by Crippen LogP contribution is -2.46. The van der Waals surface area contributed by atoms with Gasteiger partial charge in [0.1, 0.15) is 41.8 Å². The molecule has 57 heavy (non-hydrogen) atoms. The number of ketones is 1. The molecule has 0 radical (unpaired) electrons. The highest BCUT2D eigenvalue weighted by molar-refractivity contribution is 7.91. The van der Waals surface area contributed by atoms with E-state index in [4.69, 9.17) is 37.4 Å². The van der Waals surface area contributed by atoms with Gasteiger partial charge in [-0.05, 0) is 87.0 Å². The Balaban J connectivity index is 1.21. The predicted molar refractivity (Wildman–Crippen MR) is 221 cm³/mol. The molecule has 14 heteroatoms. The number of carbonyl (C=O) groups is 1. The van der Waals surface area contributed by atoms with E-state index < -0.39 is 33.5 Å². The summed E-state index contributed by atoms with van der Waals surface area (Å²) in [6.45, 7) is 5.41. The highest BCUT2D eigenvalue weighted by Gasteiger charge is 2.30. The van der Waals surface area contributed by atoms with Gasteiger partial charge in [0, 0.05) is 54.5 Å². The number of likely N-dealkylation sites (tertiary alicyclic amines) is 1. The standard InChI is InChI=1S/C43H48Cl2N4O7S/c1-28(50)43(37(51)27-57(2,52)53)48-25-31-20-36(44)41(21-40(31)55-26-30-19-29(22-46)23-47-24-30)56-38-14-13-33-32(9-6-10-34(33)38)35-11-7-12-39(42(35)45)54-18-8-17-49-15-4-3-5-16-49/h6-7,9-12,19-21,23-24,28,38,43,48,50H,3-5,8,13-18,25-27H2,1-2H3/t28-,38+,43+/m1/s1. The van der Waals surface area contributed by atoms with Crippen LogP contribution in [0.1, 0.15) is 72.9 Å². The van der Waals surface area contributed by atoms with Gasteiger partial charge in [0.05, 0.1) is 34.4 Å². The van der Waals surface area contributed by atoms with Crippen molar-refractivity contribution in [1.82, 2.24) is 15.2 Å². The summed E-state index contributed by atoms with van der Waals surface area (Å²) >= 11 is 13.9. The largest absolute Gasteiger partial charge is 0.492 e. The minimum Gasteiger partial charge on any atom is -0.492 e. The first kappa shape index (κ1) is 42.4. The van der Waals surface area contributed by atoms with Crippen molar-refractivity contribution >= 4 is 38.8 Å². The van der Waals surface area contributed by atoms with E-state index in [1.807, 2.05) is 30.3 Å². The SMILES string of the molecule is C[C@@H](O)[C@H](NCc1cc(Cl)c(O[C@H]2CCc3c(-c4cccc(OCCCN5CCCCC5)c4Cl)cccc32)cc1OCc1cncc(C#N)c1)C(=O)CS(C)(=O)=O. The zero-order valence-electron chi connectivity index (χ0n) is 32.2. The highest BCUT2D eigenvalue weighted by atomic mass is 35.5. The fourth-order valence-corrected chi connectivity index (χ4v) is 8.69. The summed E-state index contributed by atoms with van der Waals surface area (Å²) in [5, 5.41) is 23.6. The van der Waals surface area contributed by atoms with Crippen LogP contribution in [0.5, 0.6) is 17.2 Å². The van der Waals surface area contributed by atoms with Crippen LogP contribution in [-0.4, -0.2) is 79.6 Å². The van der Waals surface area contributed by atoms with Crippen molar-refractivity contribution in [3.63, 3.8) is 0 Å². The Morgan fingerprint density at radius 1 is 1.04 bits per heavy atom. The molecule has 1 aliphatic heterocycles. The molecule has 0 unspecified atom stereocenters. The van der Waals surface area contributed by atoms with E-state index in [1.165, 1.54) is 32.4 Å². The number of nitriles is 1. The second kappa shape index (κ2) is 19.5. The quantitative estimate of drug-likeness (QED) is 0.0974. The summed E-state index contributed by atoms with van der Waals surface area (Å²) in [7, 11) is -3.62. The molecule has 4 aromatic rings. The van der Waals surface area contributed by atoms with Gasteiger partial charge in [-0.1, -0.05) is 60.0 Å². The molecule has 1 saturated heterocycles. The van der Waals surface area contributed by atoms with Crippen LogP contribution in [0.3, 0.4) is 0 Å². The maximum absolute atomic E-state index is 12.8. The van der Waals surface area contributed by atoms with Crippen LogP contribution in [0.25, 0.3) is 11.1 Å². The molecular weight excluding hydrogens is 787 g/mol. The van der Waals surface area contributed by atoms with Gasteiger partial charge >= 0.3 is 0 Å². The number of benzene rings is 3. The van der Waals surface area contributed by atoms with Crippen LogP contribution in [-0.2, 0) is 34.2 Å². The monoisotopic (exact) mass is 834 g/mol. The predicted octanol–water partition coefficient (Wildman–Crippen LogP) is 7.28. The molecule has 0 spiro atoms. The lowest BCUT2D eigenvalue weighted by atomic mass is 9.96. The van der Waals surface area contributed by atoms with Crippen molar-refractivity contribution in [2.24, 2.45) is 0 Å². The van der Waals surface area contributed by atoms with Crippen molar-refractivity contribution in [2.45, 2.75) is 76.9 Å². The number of Topliss-reactive ketones (excluding diaryl/α,β-unsaturated/α-hetero) is 1. The zero-order chi connectivity index (χ0) is 40.5. The number of aromatic nitrogens is 1. The van der Waals surface area contributed by atoms with E-state index >= 15 is 0 Å². The Morgan fingerprint density at radius 3 is 2.56 bits per heavy atom. The van der Waals surface area contributed by atoms with E-state index in [2.05, 4.69) is 27.3 Å². The van der Waals surface area contributed by atoms with Gasteiger partial charge in [-0.2, -0.15) is 5.26 Å². The number of piperidine rings is 1. The summed E-state index contributed by atoms with van der Waals surface area (Å²) < 4.78 is 42.8. The number of fused-ring (bicyclic) bond motifs is 1.